The molecule has 10 rings (SSSR count). The van der Waals surface area contributed by atoms with Crippen LogP contribution in [-0.2, 0) is 0 Å². The maximum absolute atomic E-state index is 2.89. The first kappa shape index (κ1) is 20.3. The van der Waals surface area contributed by atoms with E-state index in [0.717, 1.165) is 11.8 Å². The molecule has 0 bridgehead atoms. The molecule has 0 amide bonds. The standard InChI is InChI=1S/C34H35BN2/c1-2-9-21-19-31-25(18-20(21)8-1)24-12-6-14-27-34(24)37(31)30-17-7-16-29-32(30)35(27)26-13-5-11-23-22-10-3-4-15-28(22)36(29)33(23)26/h5-7,11-14,16-17,20-22,25,28,31H,1-4,8-10,15,18-19H2. The van der Waals surface area contributed by atoms with E-state index in [1.807, 2.05) is 0 Å². The number of fused-ring (bicyclic) bond motifs is 11. The summed E-state index contributed by atoms with van der Waals surface area (Å²) in [6, 6.07) is 23.4. The molecule has 3 aliphatic carbocycles. The second-order valence-electron chi connectivity index (χ2n) is 13.4. The molecule has 0 spiro atoms. The maximum Gasteiger partial charge on any atom is 0.252 e. The molecule has 37 heavy (non-hydrogen) atoms. The lowest BCUT2D eigenvalue weighted by molar-refractivity contribution is 0.145. The summed E-state index contributed by atoms with van der Waals surface area (Å²) in [6.45, 7) is 0.381. The summed E-state index contributed by atoms with van der Waals surface area (Å²) in [5, 5.41) is 0. The van der Waals surface area contributed by atoms with Crippen molar-refractivity contribution in [2.45, 2.75) is 88.1 Å². The monoisotopic (exact) mass is 482 g/mol. The first-order valence-electron chi connectivity index (χ1n) is 15.4. The van der Waals surface area contributed by atoms with Gasteiger partial charge in [0.25, 0.3) is 6.71 Å². The molecule has 184 valence electrons. The molecule has 6 unspecified atom stereocenters. The SMILES string of the molecule is c1cc2c3c(c1)C1CCCCC1N3c1cccc3c1B2c1cccc2c1N3C1CC3CCCCC3CC21. The number of hydrogen-bond acceptors (Lipinski definition) is 2. The fraction of sp³-hybridized carbons (Fsp3) is 0.471. The van der Waals surface area contributed by atoms with Gasteiger partial charge in [-0.15, -0.1) is 0 Å². The minimum atomic E-state index is 0.381. The number of anilines is 4. The Morgan fingerprint density at radius 3 is 1.92 bits per heavy atom. The van der Waals surface area contributed by atoms with Gasteiger partial charge in [-0.05, 0) is 77.2 Å². The van der Waals surface area contributed by atoms with Gasteiger partial charge >= 0.3 is 0 Å². The molecule has 4 aliphatic heterocycles. The minimum absolute atomic E-state index is 0.381. The Balaban J connectivity index is 1.23. The molecule has 3 aromatic carbocycles. The van der Waals surface area contributed by atoms with Crippen molar-refractivity contribution in [3.05, 3.63) is 65.7 Å². The summed E-state index contributed by atoms with van der Waals surface area (Å²) in [5.74, 6) is 3.32. The van der Waals surface area contributed by atoms with E-state index in [2.05, 4.69) is 64.4 Å². The molecular formula is C34H35BN2. The second-order valence-corrected chi connectivity index (χ2v) is 13.4. The van der Waals surface area contributed by atoms with Crippen molar-refractivity contribution < 1.29 is 0 Å². The van der Waals surface area contributed by atoms with Crippen molar-refractivity contribution in [3.63, 3.8) is 0 Å². The third-order valence-corrected chi connectivity index (χ3v) is 12.0. The maximum atomic E-state index is 2.89. The smallest absolute Gasteiger partial charge is 0.252 e. The Morgan fingerprint density at radius 1 is 0.568 bits per heavy atom. The average molecular weight is 482 g/mol. The van der Waals surface area contributed by atoms with Crippen LogP contribution in [0.4, 0.5) is 22.7 Å². The highest BCUT2D eigenvalue weighted by Gasteiger charge is 2.54. The van der Waals surface area contributed by atoms with Gasteiger partial charge in [-0.25, -0.2) is 0 Å². The van der Waals surface area contributed by atoms with Crippen molar-refractivity contribution in [2.24, 2.45) is 11.8 Å². The number of nitrogens with zero attached hydrogens (tertiary/aromatic N) is 2. The van der Waals surface area contributed by atoms with Crippen LogP contribution in [0.2, 0.25) is 0 Å². The lowest BCUT2D eigenvalue weighted by Gasteiger charge is -2.47. The highest BCUT2D eigenvalue weighted by molar-refractivity contribution is 7.00. The molecule has 4 heterocycles. The van der Waals surface area contributed by atoms with Gasteiger partial charge in [-0.2, -0.15) is 0 Å². The van der Waals surface area contributed by atoms with Crippen molar-refractivity contribution in [3.8, 4) is 0 Å². The van der Waals surface area contributed by atoms with Crippen LogP contribution in [0.5, 0.6) is 0 Å². The van der Waals surface area contributed by atoms with Gasteiger partial charge in [0, 0.05) is 46.7 Å². The Kier molecular flexibility index (Phi) is 3.86. The van der Waals surface area contributed by atoms with Crippen LogP contribution in [0.25, 0.3) is 0 Å². The molecule has 0 N–H and O–H groups in total. The molecule has 2 nitrogen and oxygen atoms in total. The van der Waals surface area contributed by atoms with Crippen LogP contribution in [0.1, 0.15) is 87.2 Å². The first-order valence-corrected chi connectivity index (χ1v) is 15.4. The average Bonchev–Trinajstić information content (AvgIpc) is 3.46. The number of para-hydroxylation sites is 2. The zero-order valence-electron chi connectivity index (χ0n) is 21.7. The van der Waals surface area contributed by atoms with Crippen molar-refractivity contribution in [1.29, 1.82) is 0 Å². The van der Waals surface area contributed by atoms with E-state index in [0.29, 0.717) is 30.6 Å². The topological polar surface area (TPSA) is 6.48 Å². The number of benzene rings is 3. The third kappa shape index (κ3) is 2.38. The van der Waals surface area contributed by atoms with E-state index >= 15 is 0 Å². The first-order chi connectivity index (χ1) is 18.4. The van der Waals surface area contributed by atoms with E-state index in [-0.39, 0.29) is 0 Å². The van der Waals surface area contributed by atoms with Crippen LogP contribution in [0.15, 0.2) is 54.6 Å². The van der Waals surface area contributed by atoms with Crippen LogP contribution in [0, 0.1) is 11.8 Å². The predicted molar refractivity (Wildman–Crippen MR) is 154 cm³/mol. The van der Waals surface area contributed by atoms with Gasteiger partial charge in [-0.1, -0.05) is 81.0 Å². The van der Waals surface area contributed by atoms with Gasteiger partial charge in [-0.3, -0.25) is 0 Å². The fourth-order valence-corrected chi connectivity index (χ4v) is 10.7. The minimum Gasteiger partial charge on any atom is -0.338 e. The summed E-state index contributed by atoms with van der Waals surface area (Å²) in [6.07, 6.45) is 14.1. The van der Waals surface area contributed by atoms with E-state index in [1.54, 1.807) is 44.6 Å². The van der Waals surface area contributed by atoms with Crippen molar-refractivity contribution >= 4 is 45.9 Å². The van der Waals surface area contributed by atoms with E-state index < -0.39 is 0 Å². The van der Waals surface area contributed by atoms with Crippen molar-refractivity contribution in [1.82, 2.24) is 0 Å². The van der Waals surface area contributed by atoms with E-state index in [4.69, 9.17) is 0 Å². The summed E-state index contributed by atoms with van der Waals surface area (Å²) in [5.41, 5.74) is 14.4. The quantitative estimate of drug-likeness (QED) is 0.352. The van der Waals surface area contributed by atoms with Crippen LogP contribution in [0.3, 0.4) is 0 Å². The Labute approximate surface area is 221 Å². The number of hydrogen-bond donors (Lipinski definition) is 0. The predicted octanol–water partition coefficient (Wildman–Crippen LogP) is 6.21. The summed E-state index contributed by atoms with van der Waals surface area (Å²) >= 11 is 0. The summed E-state index contributed by atoms with van der Waals surface area (Å²) in [7, 11) is 0. The van der Waals surface area contributed by atoms with Crippen molar-refractivity contribution in [2.75, 3.05) is 9.80 Å². The summed E-state index contributed by atoms with van der Waals surface area (Å²) in [4.78, 5) is 5.73. The molecule has 6 atom stereocenters. The second kappa shape index (κ2) is 7.04. The van der Waals surface area contributed by atoms with Gasteiger partial charge in [0.15, 0.2) is 0 Å². The highest BCUT2D eigenvalue weighted by Crippen LogP contribution is 2.58. The molecule has 0 aromatic heterocycles. The van der Waals surface area contributed by atoms with Gasteiger partial charge in [0.05, 0.1) is 0 Å². The zero-order valence-corrected chi connectivity index (χ0v) is 21.7. The lowest BCUT2D eigenvalue weighted by atomic mass is 9.33. The molecule has 3 heteroatoms. The van der Waals surface area contributed by atoms with Crippen LogP contribution < -0.4 is 26.2 Å². The van der Waals surface area contributed by atoms with E-state index in [9.17, 15) is 0 Å². The fourth-order valence-electron chi connectivity index (χ4n) is 10.7. The largest absolute Gasteiger partial charge is 0.338 e. The Morgan fingerprint density at radius 2 is 1.16 bits per heavy atom. The van der Waals surface area contributed by atoms with Crippen LogP contribution >= 0.6 is 0 Å². The Hall–Kier alpha value is -2.68. The van der Waals surface area contributed by atoms with Gasteiger partial charge in [0.1, 0.15) is 0 Å². The normalized spacial score (nSPS) is 33.2. The summed E-state index contributed by atoms with van der Waals surface area (Å²) < 4.78 is 0. The molecule has 7 aliphatic rings. The molecule has 3 fully saturated rings. The molecule has 3 aromatic rings. The molecule has 3 saturated carbocycles. The van der Waals surface area contributed by atoms with Gasteiger partial charge in [0.2, 0.25) is 0 Å². The zero-order chi connectivity index (χ0) is 23.8. The molecular weight excluding hydrogens is 447 g/mol. The van der Waals surface area contributed by atoms with Crippen LogP contribution in [-0.4, -0.2) is 18.8 Å². The molecule has 0 saturated heterocycles. The third-order valence-electron chi connectivity index (χ3n) is 12.0. The van der Waals surface area contributed by atoms with Gasteiger partial charge < -0.3 is 9.80 Å². The molecule has 0 radical (unpaired) electrons. The highest BCUT2D eigenvalue weighted by atomic mass is 15.2. The lowest BCUT2D eigenvalue weighted by Crippen LogP contribution is -2.63. The van der Waals surface area contributed by atoms with E-state index in [1.165, 1.54) is 69.9 Å². The Bertz CT molecular complexity index is 1480. The number of rotatable bonds is 0.